The monoisotopic (exact) mass is 609 g/mol. The maximum atomic E-state index is 13.4. The minimum Gasteiger partial charge on any atom is -0.497 e. The van der Waals surface area contributed by atoms with Gasteiger partial charge in [-0.2, -0.15) is 8.42 Å². The maximum Gasteiger partial charge on any atom is 0.408 e. The van der Waals surface area contributed by atoms with Crippen LogP contribution < -0.4 is 14.4 Å². The number of nitrogens with zero attached hydrogens (tertiary/aromatic N) is 2. The van der Waals surface area contributed by atoms with Crippen molar-refractivity contribution in [3.8, 4) is 5.75 Å². The molecule has 0 bridgehead atoms. The molecule has 11 nitrogen and oxygen atoms in total. The van der Waals surface area contributed by atoms with Gasteiger partial charge in [0, 0.05) is 6.42 Å². The SMILES string of the molecule is COc1ccc(CN2C(O)=CN(c3cccc(C[C@H](NC(=O)OC(C)(C)C)C(=O)OCc4ccccc4)c3)S2(=O)=O)cc1. The molecule has 228 valence electrons. The number of amides is 1. The molecule has 0 fully saturated rings. The summed E-state index contributed by atoms with van der Waals surface area (Å²) < 4.78 is 44.7. The van der Waals surface area contributed by atoms with Gasteiger partial charge in [0.25, 0.3) is 0 Å². The fraction of sp³-hybridized carbons (Fsp3) is 0.290. The lowest BCUT2D eigenvalue weighted by Gasteiger charge is -2.24. The molecule has 43 heavy (non-hydrogen) atoms. The van der Waals surface area contributed by atoms with Crippen molar-refractivity contribution in [2.24, 2.45) is 0 Å². The summed E-state index contributed by atoms with van der Waals surface area (Å²) in [6.45, 7) is 5.02. The zero-order valence-corrected chi connectivity index (χ0v) is 25.2. The molecular formula is C31H35N3O8S. The van der Waals surface area contributed by atoms with E-state index in [0.29, 0.717) is 16.9 Å². The number of aliphatic hydroxyl groups excluding tert-OH is 1. The molecule has 1 amide bonds. The number of methoxy groups -OCH3 is 1. The Morgan fingerprint density at radius 3 is 2.26 bits per heavy atom. The molecule has 1 aliphatic rings. The topological polar surface area (TPSA) is 135 Å². The predicted molar refractivity (Wildman–Crippen MR) is 160 cm³/mol. The molecule has 0 radical (unpaired) electrons. The molecule has 0 saturated carbocycles. The Labute approximate surface area is 251 Å². The van der Waals surface area contributed by atoms with E-state index in [4.69, 9.17) is 14.2 Å². The van der Waals surface area contributed by atoms with Crippen molar-refractivity contribution < 1.29 is 37.3 Å². The predicted octanol–water partition coefficient (Wildman–Crippen LogP) is 4.80. The van der Waals surface area contributed by atoms with Crippen LogP contribution in [0.1, 0.15) is 37.5 Å². The molecule has 3 aromatic carbocycles. The summed E-state index contributed by atoms with van der Waals surface area (Å²) in [5.74, 6) is -0.512. The molecule has 0 aliphatic carbocycles. The first-order valence-electron chi connectivity index (χ1n) is 13.5. The molecule has 0 unspecified atom stereocenters. The van der Waals surface area contributed by atoms with Gasteiger partial charge in [-0.1, -0.05) is 54.6 Å². The van der Waals surface area contributed by atoms with E-state index in [2.05, 4.69) is 5.32 Å². The van der Waals surface area contributed by atoms with Crippen molar-refractivity contribution >= 4 is 28.0 Å². The molecule has 0 spiro atoms. The van der Waals surface area contributed by atoms with Gasteiger partial charge in [-0.15, -0.1) is 0 Å². The van der Waals surface area contributed by atoms with Crippen molar-refractivity contribution in [2.75, 3.05) is 11.4 Å². The third kappa shape index (κ3) is 8.19. The van der Waals surface area contributed by atoms with E-state index >= 15 is 0 Å². The number of alkyl carbamates (subject to hydrolysis) is 1. The summed E-state index contributed by atoms with van der Waals surface area (Å²) in [6.07, 6.45) is 0.303. The zero-order chi connectivity index (χ0) is 31.2. The lowest BCUT2D eigenvalue weighted by molar-refractivity contribution is -0.147. The second-order valence-corrected chi connectivity index (χ2v) is 12.5. The molecule has 1 atom stereocenters. The van der Waals surface area contributed by atoms with Gasteiger partial charge in [0.1, 0.15) is 24.0 Å². The average Bonchev–Trinajstić information content (AvgIpc) is 3.19. The highest BCUT2D eigenvalue weighted by atomic mass is 32.2. The first-order chi connectivity index (χ1) is 20.4. The molecule has 1 aliphatic heterocycles. The van der Waals surface area contributed by atoms with Crippen LogP contribution in [0.25, 0.3) is 0 Å². The van der Waals surface area contributed by atoms with E-state index in [0.717, 1.165) is 20.4 Å². The van der Waals surface area contributed by atoms with Gasteiger partial charge in [-0.3, -0.25) is 0 Å². The smallest absolute Gasteiger partial charge is 0.408 e. The number of rotatable bonds is 10. The summed E-state index contributed by atoms with van der Waals surface area (Å²) in [5.41, 5.74) is 1.39. The molecule has 0 saturated heterocycles. The lowest BCUT2D eigenvalue weighted by Crippen LogP contribution is -2.45. The number of hydrogen-bond donors (Lipinski definition) is 2. The van der Waals surface area contributed by atoms with Gasteiger partial charge in [0.15, 0.2) is 0 Å². The number of benzene rings is 3. The Hall–Kier alpha value is -4.71. The average molecular weight is 610 g/mol. The van der Waals surface area contributed by atoms with Crippen LogP contribution in [-0.4, -0.2) is 48.6 Å². The Kier molecular flexibility index (Phi) is 9.50. The zero-order valence-electron chi connectivity index (χ0n) is 24.4. The fourth-order valence-corrected chi connectivity index (χ4v) is 5.67. The van der Waals surface area contributed by atoms with Gasteiger partial charge in [-0.05, 0) is 61.7 Å². The Morgan fingerprint density at radius 1 is 0.930 bits per heavy atom. The molecule has 12 heteroatoms. The van der Waals surface area contributed by atoms with Crippen LogP contribution in [0.5, 0.6) is 5.75 Å². The minimum atomic E-state index is -4.17. The number of carbonyl (C=O) groups excluding carboxylic acids is 2. The van der Waals surface area contributed by atoms with E-state index in [9.17, 15) is 23.1 Å². The number of nitrogens with one attached hydrogen (secondary N) is 1. The highest BCUT2D eigenvalue weighted by Gasteiger charge is 2.38. The first kappa shape index (κ1) is 31.2. The number of ether oxygens (including phenoxy) is 3. The fourth-order valence-electron chi connectivity index (χ4n) is 4.26. The maximum absolute atomic E-state index is 13.4. The normalized spacial score (nSPS) is 14.9. The van der Waals surface area contributed by atoms with Crippen LogP contribution in [-0.2, 0) is 44.1 Å². The van der Waals surface area contributed by atoms with E-state index in [-0.39, 0.29) is 25.3 Å². The van der Waals surface area contributed by atoms with Crippen molar-refractivity contribution in [1.82, 2.24) is 9.62 Å². The number of hydrogen-bond acceptors (Lipinski definition) is 8. The van der Waals surface area contributed by atoms with Crippen molar-refractivity contribution in [1.29, 1.82) is 0 Å². The molecule has 0 aromatic heterocycles. The van der Waals surface area contributed by atoms with Crippen LogP contribution in [0.4, 0.5) is 10.5 Å². The van der Waals surface area contributed by atoms with Gasteiger partial charge < -0.3 is 24.6 Å². The highest BCUT2D eigenvalue weighted by molar-refractivity contribution is 7.91. The van der Waals surface area contributed by atoms with Crippen LogP contribution in [0.2, 0.25) is 0 Å². The van der Waals surface area contributed by atoms with Gasteiger partial charge in [-0.25, -0.2) is 18.2 Å². The minimum absolute atomic E-state index is 0.00628. The quantitative estimate of drug-likeness (QED) is 0.313. The third-order valence-corrected chi connectivity index (χ3v) is 7.99. The van der Waals surface area contributed by atoms with Gasteiger partial charge in [0.2, 0.25) is 5.88 Å². The Balaban J connectivity index is 1.52. The summed E-state index contributed by atoms with van der Waals surface area (Å²) in [7, 11) is -2.64. The number of esters is 1. The second-order valence-electron chi connectivity index (χ2n) is 10.8. The molecule has 2 N–H and O–H groups in total. The summed E-state index contributed by atoms with van der Waals surface area (Å²) in [4.78, 5) is 25.7. The van der Waals surface area contributed by atoms with Crippen LogP contribution in [0, 0.1) is 0 Å². The Bertz CT molecular complexity index is 1570. The van der Waals surface area contributed by atoms with E-state index in [1.807, 2.05) is 30.3 Å². The summed E-state index contributed by atoms with van der Waals surface area (Å²) >= 11 is 0. The van der Waals surface area contributed by atoms with Crippen LogP contribution in [0.3, 0.4) is 0 Å². The van der Waals surface area contributed by atoms with Gasteiger partial charge in [0.05, 0.1) is 25.5 Å². The molecule has 3 aromatic rings. The second kappa shape index (κ2) is 13.1. The van der Waals surface area contributed by atoms with Crippen molar-refractivity contribution in [3.63, 3.8) is 0 Å². The lowest BCUT2D eigenvalue weighted by atomic mass is 10.1. The summed E-state index contributed by atoms with van der Waals surface area (Å²) in [6, 6.07) is 21.2. The van der Waals surface area contributed by atoms with Crippen molar-refractivity contribution in [3.05, 3.63) is 108 Å². The summed E-state index contributed by atoms with van der Waals surface area (Å²) in [5, 5.41) is 13.1. The van der Waals surface area contributed by atoms with Crippen LogP contribution in [0.15, 0.2) is 90.9 Å². The standard InChI is InChI=1S/C31H35N3O8S/c1-31(2,3)42-30(37)32-27(29(36)41-21-23-9-6-5-7-10-23)18-24-11-8-12-25(17-24)33-20-28(35)34(43(33,38)39)19-22-13-15-26(40-4)16-14-22/h5-17,20,27,35H,18-19,21H2,1-4H3,(H,32,37)/t27-/m0/s1. The molecular weight excluding hydrogens is 574 g/mol. The number of anilines is 1. The molecule has 1 heterocycles. The highest BCUT2D eigenvalue weighted by Crippen LogP contribution is 2.31. The largest absolute Gasteiger partial charge is 0.497 e. The number of carbonyl (C=O) groups is 2. The van der Waals surface area contributed by atoms with Crippen LogP contribution >= 0.6 is 0 Å². The Morgan fingerprint density at radius 2 is 1.60 bits per heavy atom. The molecule has 4 rings (SSSR count). The van der Waals surface area contributed by atoms with E-state index in [1.165, 1.54) is 7.11 Å². The first-order valence-corrected chi connectivity index (χ1v) is 14.9. The number of aliphatic hydroxyl groups is 1. The third-order valence-electron chi connectivity index (χ3n) is 6.30. The van der Waals surface area contributed by atoms with Crippen molar-refractivity contribution in [2.45, 2.75) is 52.0 Å². The van der Waals surface area contributed by atoms with E-state index in [1.54, 1.807) is 69.3 Å². The van der Waals surface area contributed by atoms with E-state index < -0.39 is 39.8 Å². The van der Waals surface area contributed by atoms with Gasteiger partial charge >= 0.3 is 22.3 Å².